The topological polar surface area (TPSA) is 52.9 Å². The van der Waals surface area contributed by atoms with E-state index in [9.17, 15) is 4.57 Å². The molecule has 4 heterocycles. The fourth-order valence-electron chi connectivity index (χ4n) is 2.53. The molecule has 1 aromatic carbocycles. The summed E-state index contributed by atoms with van der Waals surface area (Å²) in [7, 11) is 0.495. The first-order valence-electron chi connectivity index (χ1n) is 6.08. The van der Waals surface area contributed by atoms with Crippen LogP contribution >= 0.6 is 7.82 Å². The summed E-state index contributed by atoms with van der Waals surface area (Å²) < 4.78 is 30.0. The van der Waals surface area contributed by atoms with Gasteiger partial charge in [-0.25, -0.2) is 0 Å². The van der Waals surface area contributed by atoms with Crippen LogP contribution in [0, 0.1) is 0 Å². The SMILES string of the molecule is CN(C)CCc1c2n3c4cccc(c14)OP(=O)(O2)O3. The molecular formula is C12H13N2O4P. The summed E-state index contributed by atoms with van der Waals surface area (Å²) in [6, 6.07) is 5.57. The van der Waals surface area contributed by atoms with Crippen molar-refractivity contribution in [1.29, 1.82) is 0 Å². The average Bonchev–Trinajstić information content (AvgIpc) is 2.73. The molecule has 6 bridgehead atoms. The van der Waals surface area contributed by atoms with E-state index < -0.39 is 7.82 Å². The molecule has 0 radical (unpaired) electrons. The van der Waals surface area contributed by atoms with E-state index in [0.717, 1.165) is 29.4 Å². The first-order valence-corrected chi connectivity index (χ1v) is 7.54. The van der Waals surface area contributed by atoms with Crippen molar-refractivity contribution in [2.45, 2.75) is 6.42 Å². The van der Waals surface area contributed by atoms with Crippen LogP contribution in [0.3, 0.4) is 0 Å². The summed E-state index contributed by atoms with van der Waals surface area (Å²) in [5, 5.41) is 0.939. The zero-order valence-corrected chi connectivity index (χ0v) is 11.5. The molecule has 6 nitrogen and oxygen atoms in total. The summed E-state index contributed by atoms with van der Waals surface area (Å²) in [5.41, 5.74) is 1.84. The van der Waals surface area contributed by atoms with Crippen molar-refractivity contribution < 1.29 is 18.2 Å². The zero-order chi connectivity index (χ0) is 13.2. The molecule has 1 aromatic heterocycles. The second-order valence-corrected chi connectivity index (χ2v) is 6.42. The lowest BCUT2D eigenvalue weighted by molar-refractivity contribution is 0.260. The Morgan fingerprint density at radius 3 is 2.95 bits per heavy atom. The van der Waals surface area contributed by atoms with Crippen molar-refractivity contribution in [3.05, 3.63) is 23.8 Å². The Hall–Kier alpha value is -1.65. The highest BCUT2D eigenvalue weighted by atomic mass is 31.2. The average molecular weight is 280 g/mol. The van der Waals surface area contributed by atoms with E-state index in [2.05, 4.69) is 4.90 Å². The molecule has 19 heavy (non-hydrogen) atoms. The molecular weight excluding hydrogens is 267 g/mol. The lowest BCUT2D eigenvalue weighted by Gasteiger charge is -2.08. The third-order valence-corrected chi connectivity index (χ3v) is 4.55. The van der Waals surface area contributed by atoms with Gasteiger partial charge in [0.05, 0.1) is 10.9 Å². The van der Waals surface area contributed by atoms with Gasteiger partial charge in [0.1, 0.15) is 5.75 Å². The molecule has 1 atom stereocenters. The van der Waals surface area contributed by atoms with Crippen LogP contribution < -0.4 is 13.7 Å². The van der Waals surface area contributed by atoms with E-state index >= 15 is 0 Å². The van der Waals surface area contributed by atoms with Crippen LogP contribution in [-0.4, -0.2) is 30.3 Å². The third kappa shape index (κ3) is 1.44. The number of phosphoric ester groups is 1. The summed E-state index contributed by atoms with van der Waals surface area (Å²) in [4.78, 5) is 2.09. The van der Waals surface area contributed by atoms with Crippen LogP contribution in [0.2, 0.25) is 0 Å². The Balaban J connectivity index is 1.97. The molecule has 5 rings (SSSR count). The molecule has 0 amide bonds. The minimum atomic E-state index is -3.53. The molecule has 7 heteroatoms. The number of likely N-dealkylation sites (N-methyl/N-ethyl adjacent to an activating group) is 1. The van der Waals surface area contributed by atoms with Gasteiger partial charge in [0.25, 0.3) is 0 Å². The summed E-state index contributed by atoms with van der Waals surface area (Å²) in [6.07, 6.45) is 0.787. The highest BCUT2D eigenvalue weighted by Gasteiger charge is 2.48. The van der Waals surface area contributed by atoms with Gasteiger partial charge in [0.2, 0.25) is 5.88 Å². The van der Waals surface area contributed by atoms with Gasteiger partial charge >= 0.3 is 7.82 Å². The van der Waals surface area contributed by atoms with Gasteiger partial charge in [-0.3, -0.25) is 4.62 Å². The quantitative estimate of drug-likeness (QED) is 0.806. The van der Waals surface area contributed by atoms with Gasteiger partial charge < -0.3 is 13.9 Å². The fourth-order valence-corrected chi connectivity index (χ4v) is 3.78. The van der Waals surface area contributed by atoms with Crippen molar-refractivity contribution in [1.82, 2.24) is 9.63 Å². The molecule has 0 aliphatic carbocycles. The molecule has 1 unspecified atom stereocenters. The van der Waals surface area contributed by atoms with Crippen LogP contribution in [0.4, 0.5) is 0 Å². The van der Waals surface area contributed by atoms with E-state index in [4.69, 9.17) is 13.7 Å². The largest absolute Gasteiger partial charge is 0.668 e. The van der Waals surface area contributed by atoms with Gasteiger partial charge in [-0.1, -0.05) is 6.07 Å². The lowest BCUT2D eigenvalue weighted by Crippen LogP contribution is -2.15. The second-order valence-electron chi connectivity index (χ2n) is 4.99. The van der Waals surface area contributed by atoms with E-state index in [0.29, 0.717) is 11.6 Å². The van der Waals surface area contributed by atoms with Gasteiger partial charge in [0.15, 0.2) is 0 Å². The van der Waals surface area contributed by atoms with Crippen LogP contribution in [0.15, 0.2) is 18.2 Å². The van der Waals surface area contributed by atoms with Crippen molar-refractivity contribution in [2.75, 3.05) is 20.6 Å². The minimum absolute atomic E-state index is 0.519. The Labute approximate surface area is 110 Å². The van der Waals surface area contributed by atoms with Gasteiger partial charge in [-0.05, 0) is 32.6 Å². The van der Waals surface area contributed by atoms with Crippen LogP contribution in [0.25, 0.3) is 10.9 Å². The van der Waals surface area contributed by atoms with Crippen LogP contribution in [0.5, 0.6) is 11.6 Å². The lowest BCUT2D eigenvalue weighted by atomic mass is 10.1. The molecule has 0 fully saturated rings. The minimum Gasteiger partial charge on any atom is -0.384 e. The highest BCUT2D eigenvalue weighted by molar-refractivity contribution is 7.49. The van der Waals surface area contributed by atoms with Crippen molar-refractivity contribution in [3.8, 4) is 11.6 Å². The Bertz CT molecular complexity index is 737. The Kier molecular flexibility index (Phi) is 2.04. The maximum atomic E-state index is 12.3. The Morgan fingerprint density at radius 1 is 1.32 bits per heavy atom. The molecule has 0 saturated heterocycles. The maximum Gasteiger partial charge on any atom is 0.668 e. The molecule has 0 spiro atoms. The summed E-state index contributed by atoms with van der Waals surface area (Å²) >= 11 is 0. The van der Waals surface area contributed by atoms with E-state index in [1.807, 2.05) is 26.2 Å². The van der Waals surface area contributed by atoms with Crippen molar-refractivity contribution in [2.24, 2.45) is 0 Å². The van der Waals surface area contributed by atoms with Crippen LogP contribution in [-0.2, 0) is 11.0 Å². The number of aromatic nitrogens is 1. The van der Waals surface area contributed by atoms with Gasteiger partial charge in [-0.15, -0.1) is 4.73 Å². The summed E-state index contributed by atoms with van der Waals surface area (Å²) in [6.45, 7) is 0.869. The van der Waals surface area contributed by atoms with Crippen LogP contribution in [0.1, 0.15) is 5.56 Å². The Morgan fingerprint density at radius 2 is 2.16 bits per heavy atom. The monoisotopic (exact) mass is 280 g/mol. The normalized spacial score (nSPS) is 22.7. The number of hydrogen-bond acceptors (Lipinski definition) is 5. The van der Waals surface area contributed by atoms with Gasteiger partial charge in [-0.2, -0.15) is 4.57 Å². The standard InChI is InChI=1S/C12H13N2O4P/c1-13(2)7-6-8-11-9-4-3-5-10(11)16-19(15)17-12(8)14(9)18-19/h3-5H,6-7H2,1-2H3. The van der Waals surface area contributed by atoms with E-state index in [-0.39, 0.29) is 0 Å². The molecule has 2 aromatic rings. The fraction of sp³-hybridized carbons (Fsp3) is 0.333. The second kappa shape index (κ2) is 3.46. The highest BCUT2D eigenvalue weighted by Crippen LogP contribution is 2.60. The molecule has 3 aliphatic rings. The molecule has 100 valence electrons. The van der Waals surface area contributed by atoms with Crippen molar-refractivity contribution >= 4 is 18.7 Å². The van der Waals surface area contributed by atoms with Crippen molar-refractivity contribution in [3.63, 3.8) is 0 Å². The van der Waals surface area contributed by atoms with Gasteiger partial charge in [0, 0.05) is 12.1 Å². The molecule has 3 aliphatic heterocycles. The first-order chi connectivity index (χ1) is 9.07. The summed E-state index contributed by atoms with van der Waals surface area (Å²) in [5.74, 6) is 1.09. The predicted octanol–water partition coefficient (Wildman–Crippen LogP) is 2.07. The number of rotatable bonds is 3. The van der Waals surface area contributed by atoms with E-state index in [1.54, 1.807) is 6.07 Å². The molecule has 0 N–H and O–H groups in total. The smallest absolute Gasteiger partial charge is 0.384 e. The maximum absolute atomic E-state index is 12.3. The zero-order valence-electron chi connectivity index (χ0n) is 10.6. The first kappa shape index (κ1) is 11.2. The number of phosphoric acid groups is 1. The number of benzene rings is 1. The van der Waals surface area contributed by atoms with E-state index in [1.165, 1.54) is 4.73 Å². The third-order valence-electron chi connectivity index (χ3n) is 3.37. The number of hydrogen-bond donors (Lipinski definition) is 0. The number of nitrogens with zero attached hydrogens (tertiary/aromatic N) is 2. The predicted molar refractivity (Wildman–Crippen MR) is 69.6 cm³/mol. The molecule has 0 saturated carbocycles.